The van der Waals surface area contributed by atoms with Crippen LogP contribution in [0.1, 0.15) is 61.0 Å². The second kappa shape index (κ2) is 5.80. The molecular formula is C20H24N6O2. The maximum Gasteiger partial charge on any atom is 0.276 e. The van der Waals surface area contributed by atoms with Gasteiger partial charge in [0, 0.05) is 6.07 Å². The second-order valence-electron chi connectivity index (χ2n) is 8.52. The van der Waals surface area contributed by atoms with Crippen LogP contribution in [0.15, 0.2) is 23.3 Å². The fraction of sp³-hybridized carbons (Fsp3) is 0.500. The number of pyridine rings is 1. The average molecular weight is 380 g/mol. The summed E-state index contributed by atoms with van der Waals surface area (Å²) in [6.45, 7) is 1.86. The van der Waals surface area contributed by atoms with E-state index in [4.69, 9.17) is 5.73 Å². The van der Waals surface area contributed by atoms with Crippen molar-refractivity contribution in [2.75, 3.05) is 11.1 Å². The van der Waals surface area contributed by atoms with Crippen molar-refractivity contribution >= 4 is 23.2 Å². The molecule has 0 radical (unpaired) electrons. The summed E-state index contributed by atoms with van der Waals surface area (Å²) in [5, 5.41) is 6.23. The van der Waals surface area contributed by atoms with E-state index in [-0.39, 0.29) is 11.5 Å². The Labute approximate surface area is 162 Å². The number of nitrogens with zero attached hydrogens (tertiary/aromatic N) is 3. The van der Waals surface area contributed by atoms with Crippen LogP contribution in [-0.2, 0) is 5.66 Å². The smallest absolute Gasteiger partial charge is 0.276 e. The summed E-state index contributed by atoms with van der Waals surface area (Å²) < 4.78 is 1.71. The van der Waals surface area contributed by atoms with Gasteiger partial charge in [-0.1, -0.05) is 0 Å². The molecule has 8 heteroatoms. The molecule has 1 amide bonds. The largest absolute Gasteiger partial charge is 0.384 e. The molecule has 2 fully saturated rings. The first-order valence-electron chi connectivity index (χ1n) is 9.86. The maximum absolute atomic E-state index is 13.4. The van der Waals surface area contributed by atoms with Crippen molar-refractivity contribution < 1.29 is 4.79 Å². The van der Waals surface area contributed by atoms with E-state index in [1.165, 1.54) is 25.6 Å². The molecule has 2 saturated carbocycles. The maximum atomic E-state index is 13.4. The number of carbonyl (C=O) groups excluding carboxylic acids is 1. The van der Waals surface area contributed by atoms with Gasteiger partial charge in [-0.3, -0.25) is 14.2 Å². The van der Waals surface area contributed by atoms with Gasteiger partial charge in [-0.25, -0.2) is 9.97 Å². The first kappa shape index (κ1) is 17.2. The molecule has 8 nitrogen and oxygen atoms in total. The first-order valence-corrected chi connectivity index (χ1v) is 9.86. The Morgan fingerprint density at radius 3 is 2.64 bits per heavy atom. The number of carbonyl (C=O) groups is 1. The Morgan fingerprint density at radius 2 is 1.89 bits per heavy atom. The van der Waals surface area contributed by atoms with E-state index in [1.54, 1.807) is 16.7 Å². The lowest BCUT2D eigenvalue weighted by molar-refractivity contribution is 0.0902. The summed E-state index contributed by atoms with van der Waals surface area (Å²) in [5.41, 5.74) is 6.97. The minimum atomic E-state index is -0.622. The van der Waals surface area contributed by atoms with Gasteiger partial charge in [0.25, 0.3) is 11.5 Å². The first-order chi connectivity index (χ1) is 13.4. The number of amides is 1. The van der Waals surface area contributed by atoms with Gasteiger partial charge in [0.05, 0.1) is 0 Å². The molecule has 1 atom stereocenters. The number of hydrogen-bond acceptors (Lipinski definition) is 6. The molecule has 3 heterocycles. The molecule has 1 aliphatic heterocycles. The predicted octanol–water partition coefficient (Wildman–Crippen LogP) is 2.41. The van der Waals surface area contributed by atoms with Crippen LogP contribution in [-0.4, -0.2) is 20.4 Å². The minimum Gasteiger partial charge on any atom is -0.384 e. The molecule has 0 aromatic carbocycles. The molecule has 2 aromatic heterocycles. The van der Waals surface area contributed by atoms with Crippen molar-refractivity contribution in [2.45, 2.75) is 57.5 Å². The van der Waals surface area contributed by atoms with E-state index >= 15 is 0 Å². The Bertz CT molecular complexity index is 1040. The van der Waals surface area contributed by atoms with Crippen molar-refractivity contribution in [3.05, 3.63) is 40.1 Å². The summed E-state index contributed by atoms with van der Waals surface area (Å²) in [6, 6.07) is 3.29. The topological polar surface area (TPSA) is 115 Å². The van der Waals surface area contributed by atoms with Crippen LogP contribution in [0.3, 0.4) is 0 Å². The number of anilines is 3. The van der Waals surface area contributed by atoms with Crippen molar-refractivity contribution in [1.82, 2.24) is 19.9 Å². The number of hydrogen-bond donors (Lipinski definition) is 3. The van der Waals surface area contributed by atoms with Crippen LogP contribution in [0.2, 0.25) is 0 Å². The van der Waals surface area contributed by atoms with Crippen LogP contribution < -0.4 is 21.9 Å². The van der Waals surface area contributed by atoms with Gasteiger partial charge in [-0.2, -0.15) is 0 Å². The van der Waals surface area contributed by atoms with Crippen LogP contribution in [0.25, 0.3) is 0 Å². The molecule has 0 unspecified atom stereocenters. The number of aromatic nitrogens is 3. The predicted molar refractivity (Wildman–Crippen MR) is 105 cm³/mol. The number of nitrogens with one attached hydrogen (secondary N) is 2. The third-order valence-corrected chi connectivity index (χ3v) is 6.66. The molecule has 0 bridgehead atoms. The Kier molecular flexibility index (Phi) is 3.56. The van der Waals surface area contributed by atoms with Crippen LogP contribution in [0, 0.1) is 12.3 Å². The molecule has 28 heavy (non-hydrogen) atoms. The molecule has 146 valence electrons. The van der Waals surface area contributed by atoms with Gasteiger partial charge in [-0.05, 0) is 68.9 Å². The van der Waals surface area contributed by atoms with E-state index < -0.39 is 5.66 Å². The summed E-state index contributed by atoms with van der Waals surface area (Å²) in [6.07, 6.45) is 8.74. The lowest BCUT2D eigenvalue weighted by Gasteiger charge is -2.31. The number of rotatable bonds is 2. The van der Waals surface area contributed by atoms with Crippen LogP contribution in [0.4, 0.5) is 17.3 Å². The fourth-order valence-electron chi connectivity index (χ4n) is 4.93. The monoisotopic (exact) mass is 380 g/mol. The molecule has 4 N–H and O–H groups in total. The molecule has 2 spiro atoms. The zero-order valence-corrected chi connectivity index (χ0v) is 15.9. The Morgan fingerprint density at radius 1 is 1.11 bits per heavy atom. The second-order valence-corrected chi connectivity index (χ2v) is 8.52. The SMILES string of the molecule is Cc1cc(Nc2cc(N)ncn2)c(=O)n2c1C(=O)N[C@]21CCCC2(CC2)CC1. The van der Waals surface area contributed by atoms with Crippen molar-refractivity contribution in [3.63, 3.8) is 0 Å². The van der Waals surface area contributed by atoms with Gasteiger partial charge >= 0.3 is 0 Å². The number of fused-ring (bicyclic) bond motifs is 2. The van der Waals surface area contributed by atoms with E-state index in [1.807, 2.05) is 6.92 Å². The highest BCUT2D eigenvalue weighted by Crippen LogP contribution is 2.57. The number of aryl methyl sites for hydroxylation is 1. The Balaban J connectivity index is 1.60. The lowest BCUT2D eigenvalue weighted by atomic mass is 9.96. The highest BCUT2D eigenvalue weighted by atomic mass is 16.2. The summed E-state index contributed by atoms with van der Waals surface area (Å²) >= 11 is 0. The van der Waals surface area contributed by atoms with Gasteiger partial charge in [0.15, 0.2) is 0 Å². The van der Waals surface area contributed by atoms with Crippen molar-refractivity contribution in [2.24, 2.45) is 5.41 Å². The molecule has 2 aliphatic carbocycles. The molecule has 2 aromatic rings. The lowest BCUT2D eigenvalue weighted by Crippen LogP contribution is -2.47. The van der Waals surface area contributed by atoms with Gasteiger partial charge in [0.2, 0.25) is 0 Å². The fourth-order valence-corrected chi connectivity index (χ4v) is 4.93. The van der Waals surface area contributed by atoms with Crippen molar-refractivity contribution in [3.8, 4) is 0 Å². The average Bonchev–Trinajstić information content (AvgIpc) is 3.38. The number of nitrogens with two attached hydrogens (primary N) is 1. The summed E-state index contributed by atoms with van der Waals surface area (Å²) in [4.78, 5) is 34.2. The van der Waals surface area contributed by atoms with Crippen molar-refractivity contribution in [1.29, 1.82) is 0 Å². The summed E-state index contributed by atoms with van der Waals surface area (Å²) in [5.74, 6) is 0.621. The van der Waals surface area contributed by atoms with Gasteiger partial charge in [-0.15, -0.1) is 0 Å². The summed E-state index contributed by atoms with van der Waals surface area (Å²) in [7, 11) is 0. The Hall–Kier alpha value is -2.90. The molecular weight excluding hydrogens is 356 g/mol. The van der Waals surface area contributed by atoms with E-state index in [9.17, 15) is 9.59 Å². The molecule has 3 aliphatic rings. The third-order valence-electron chi connectivity index (χ3n) is 6.66. The normalized spacial score (nSPS) is 24.7. The standard InChI is InChI=1S/C20H24N6O2/c1-12-9-13(24-15-10-14(21)22-11-23-15)18(28)26-16(12)17(27)25-20(26)4-2-3-19(5-6-19)7-8-20/h9-11H,2-8H2,1H3,(H,25,27)(H3,21,22,23,24)/t20-/m1/s1. The van der Waals surface area contributed by atoms with Crippen LogP contribution in [0.5, 0.6) is 0 Å². The quantitative estimate of drug-likeness (QED) is 0.737. The highest BCUT2D eigenvalue weighted by Gasteiger charge is 2.51. The zero-order valence-electron chi connectivity index (χ0n) is 15.9. The van der Waals surface area contributed by atoms with E-state index in [0.29, 0.717) is 28.4 Å². The molecule has 0 saturated heterocycles. The van der Waals surface area contributed by atoms with E-state index in [0.717, 1.165) is 31.2 Å². The van der Waals surface area contributed by atoms with Gasteiger partial charge in [0.1, 0.15) is 35.0 Å². The minimum absolute atomic E-state index is 0.154. The van der Waals surface area contributed by atoms with E-state index in [2.05, 4.69) is 20.6 Å². The third kappa shape index (κ3) is 2.58. The highest BCUT2D eigenvalue weighted by molar-refractivity contribution is 5.97. The zero-order chi connectivity index (χ0) is 19.5. The van der Waals surface area contributed by atoms with Gasteiger partial charge < -0.3 is 16.4 Å². The van der Waals surface area contributed by atoms with Crippen LogP contribution >= 0.6 is 0 Å². The number of nitrogen functional groups attached to an aromatic ring is 1. The molecule has 5 rings (SSSR count).